The zero-order chi connectivity index (χ0) is 15.6. The molecule has 0 atom stereocenters. The van der Waals surface area contributed by atoms with Crippen molar-refractivity contribution in [2.75, 3.05) is 0 Å². The van der Waals surface area contributed by atoms with Crippen LogP contribution < -0.4 is 5.32 Å². The van der Waals surface area contributed by atoms with E-state index in [4.69, 9.17) is 11.6 Å². The molecule has 0 aliphatic rings. The lowest BCUT2D eigenvalue weighted by molar-refractivity contribution is 0.0912. The van der Waals surface area contributed by atoms with Crippen molar-refractivity contribution in [1.29, 1.82) is 0 Å². The number of halogens is 3. The Morgan fingerprint density at radius 3 is 2.24 bits per heavy atom. The van der Waals surface area contributed by atoms with Crippen molar-refractivity contribution >= 4 is 49.4 Å². The Hall–Kier alpha value is -0.840. The van der Waals surface area contributed by atoms with E-state index in [9.17, 15) is 4.79 Å². The van der Waals surface area contributed by atoms with E-state index in [-0.39, 0.29) is 5.91 Å². The number of benzene rings is 2. The van der Waals surface area contributed by atoms with Gasteiger partial charge in [0.2, 0.25) is 0 Å². The highest BCUT2D eigenvalue weighted by Crippen LogP contribution is 2.24. The van der Waals surface area contributed by atoms with Crippen LogP contribution in [0.15, 0.2) is 51.4 Å². The van der Waals surface area contributed by atoms with Gasteiger partial charge in [-0.1, -0.05) is 55.6 Å². The van der Waals surface area contributed by atoms with Gasteiger partial charge >= 0.3 is 0 Å². The summed E-state index contributed by atoms with van der Waals surface area (Å²) in [5.74, 6) is -0.161. The summed E-state index contributed by atoms with van der Waals surface area (Å²) < 4.78 is 1.79. The second-order valence-corrected chi connectivity index (χ2v) is 7.51. The minimum Gasteiger partial charge on any atom is -0.343 e. The first-order valence-electron chi connectivity index (χ1n) is 6.32. The first kappa shape index (κ1) is 16.5. The number of carbonyl (C=O) groups is 1. The number of nitrogens with one attached hydrogen (secondary N) is 1. The lowest BCUT2D eigenvalue weighted by atomic mass is 9.94. The monoisotopic (exact) mass is 429 g/mol. The highest BCUT2D eigenvalue weighted by molar-refractivity contribution is 9.10. The molecule has 0 saturated heterocycles. The number of carbonyl (C=O) groups excluding carboxylic acids is 1. The molecule has 0 bridgehead atoms. The van der Waals surface area contributed by atoms with Gasteiger partial charge in [-0.15, -0.1) is 0 Å². The van der Waals surface area contributed by atoms with E-state index in [1.807, 2.05) is 38.1 Å². The summed E-state index contributed by atoms with van der Waals surface area (Å²) in [5.41, 5.74) is 1.08. The molecule has 2 nitrogen and oxygen atoms in total. The van der Waals surface area contributed by atoms with Crippen molar-refractivity contribution in [3.05, 3.63) is 67.6 Å². The van der Waals surface area contributed by atoms with Crippen LogP contribution in [-0.2, 0) is 5.54 Å². The summed E-state index contributed by atoms with van der Waals surface area (Å²) in [6, 6.07) is 13.0. The smallest absolute Gasteiger partial charge is 0.252 e. The Labute approximate surface area is 146 Å². The van der Waals surface area contributed by atoms with Crippen LogP contribution in [-0.4, -0.2) is 5.91 Å². The first-order valence-corrected chi connectivity index (χ1v) is 8.29. The highest BCUT2D eigenvalue weighted by atomic mass is 79.9. The fourth-order valence-corrected chi connectivity index (χ4v) is 3.10. The summed E-state index contributed by atoms with van der Waals surface area (Å²) in [4.78, 5) is 12.4. The molecule has 2 rings (SSSR count). The maximum absolute atomic E-state index is 12.4. The third-order valence-corrected chi connectivity index (χ3v) is 4.32. The molecule has 0 unspecified atom stereocenters. The van der Waals surface area contributed by atoms with Crippen LogP contribution in [0.2, 0.25) is 5.02 Å². The lowest BCUT2D eigenvalue weighted by Crippen LogP contribution is -2.41. The lowest BCUT2D eigenvalue weighted by Gasteiger charge is -2.27. The van der Waals surface area contributed by atoms with Crippen LogP contribution in [0.3, 0.4) is 0 Å². The zero-order valence-corrected chi connectivity index (χ0v) is 15.5. The quantitative estimate of drug-likeness (QED) is 0.680. The van der Waals surface area contributed by atoms with Crippen molar-refractivity contribution < 1.29 is 4.79 Å². The maximum Gasteiger partial charge on any atom is 0.252 e. The maximum atomic E-state index is 12.4. The van der Waals surface area contributed by atoms with E-state index in [1.165, 1.54) is 0 Å². The Morgan fingerprint density at radius 1 is 1.05 bits per heavy atom. The van der Waals surface area contributed by atoms with Crippen LogP contribution in [0.5, 0.6) is 0 Å². The molecule has 2 aromatic carbocycles. The Morgan fingerprint density at radius 2 is 1.67 bits per heavy atom. The van der Waals surface area contributed by atoms with E-state index >= 15 is 0 Å². The average molecular weight is 432 g/mol. The van der Waals surface area contributed by atoms with E-state index in [1.54, 1.807) is 18.2 Å². The van der Waals surface area contributed by atoms with Crippen molar-refractivity contribution in [2.24, 2.45) is 0 Å². The SMILES string of the molecule is CC(C)(NC(=O)c1cc(Cl)cc(Br)c1)c1ccc(Br)cc1. The Kier molecular flexibility index (Phi) is 5.12. The molecule has 2 aromatic rings. The third kappa shape index (κ3) is 4.31. The van der Waals surface area contributed by atoms with Crippen LogP contribution in [0.4, 0.5) is 0 Å². The average Bonchev–Trinajstić information content (AvgIpc) is 2.37. The fraction of sp³-hybridized carbons (Fsp3) is 0.188. The number of amides is 1. The second kappa shape index (κ2) is 6.51. The molecule has 0 aliphatic carbocycles. The Balaban J connectivity index is 2.23. The molecule has 0 heterocycles. The summed E-state index contributed by atoms with van der Waals surface area (Å²) in [6.07, 6.45) is 0. The first-order chi connectivity index (χ1) is 9.78. The predicted octanol–water partition coefficient (Wildman–Crippen LogP) is 5.53. The molecule has 0 aliphatic heterocycles. The van der Waals surface area contributed by atoms with Crippen molar-refractivity contribution in [1.82, 2.24) is 5.32 Å². The molecule has 0 aromatic heterocycles. The van der Waals surface area contributed by atoms with Gasteiger partial charge in [0.1, 0.15) is 0 Å². The summed E-state index contributed by atoms with van der Waals surface area (Å²) >= 11 is 12.7. The van der Waals surface area contributed by atoms with Crippen LogP contribution in [0.1, 0.15) is 29.8 Å². The second-order valence-electron chi connectivity index (χ2n) is 5.24. The standard InChI is InChI=1S/C16H14Br2ClNO/c1-16(2,11-3-5-12(17)6-4-11)20-15(21)10-7-13(18)9-14(19)8-10/h3-9H,1-2H3,(H,20,21). The van der Waals surface area contributed by atoms with Gasteiger partial charge in [-0.3, -0.25) is 4.79 Å². The summed E-state index contributed by atoms with van der Waals surface area (Å²) in [7, 11) is 0. The summed E-state index contributed by atoms with van der Waals surface area (Å²) in [6.45, 7) is 3.93. The van der Waals surface area contributed by atoms with Gasteiger partial charge in [0.25, 0.3) is 5.91 Å². The molecule has 110 valence electrons. The predicted molar refractivity (Wildman–Crippen MR) is 93.8 cm³/mol. The van der Waals surface area contributed by atoms with Gasteiger partial charge in [-0.25, -0.2) is 0 Å². The van der Waals surface area contributed by atoms with E-state index in [0.29, 0.717) is 10.6 Å². The third-order valence-electron chi connectivity index (χ3n) is 3.12. The molecule has 5 heteroatoms. The molecule has 1 amide bonds. The highest BCUT2D eigenvalue weighted by Gasteiger charge is 2.23. The molecule has 0 spiro atoms. The molecule has 21 heavy (non-hydrogen) atoms. The molecule has 1 N–H and O–H groups in total. The largest absolute Gasteiger partial charge is 0.343 e. The molecule has 0 fully saturated rings. The fourth-order valence-electron chi connectivity index (χ4n) is 1.98. The van der Waals surface area contributed by atoms with Crippen LogP contribution in [0.25, 0.3) is 0 Å². The van der Waals surface area contributed by atoms with Crippen LogP contribution in [0, 0.1) is 0 Å². The van der Waals surface area contributed by atoms with E-state index < -0.39 is 5.54 Å². The normalized spacial score (nSPS) is 11.3. The molecule has 0 radical (unpaired) electrons. The minimum absolute atomic E-state index is 0.161. The van der Waals surface area contributed by atoms with Gasteiger partial charge in [-0.2, -0.15) is 0 Å². The number of rotatable bonds is 3. The number of hydrogen-bond acceptors (Lipinski definition) is 1. The van der Waals surface area contributed by atoms with Crippen molar-refractivity contribution in [2.45, 2.75) is 19.4 Å². The minimum atomic E-state index is -0.480. The van der Waals surface area contributed by atoms with Gasteiger partial charge in [0.05, 0.1) is 5.54 Å². The van der Waals surface area contributed by atoms with Gasteiger partial charge in [0, 0.05) is 19.5 Å². The zero-order valence-electron chi connectivity index (χ0n) is 11.6. The number of hydrogen-bond donors (Lipinski definition) is 1. The van der Waals surface area contributed by atoms with Gasteiger partial charge in [-0.05, 0) is 49.7 Å². The molecule has 0 saturated carbocycles. The topological polar surface area (TPSA) is 29.1 Å². The van der Waals surface area contributed by atoms with Crippen LogP contribution >= 0.6 is 43.5 Å². The van der Waals surface area contributed by atoms with Gasteiger partial charge in [0.15, 0.2) is 0 Å². The Bertz CT molecular complexity index is 648. The van der Waals surface area contributed by atoms with E-state index in [0.717, 1.165) is 14.5 Å². The molecular weight excluding hydrogens is 417 g/mol. The molecular formula is C16H14Br2ClNO. The van der Waals surface area contributed by atoms with Crippen molar-refractivity contribution in [3.63, 3.8) is 0 Å². The van der Waals surface area contributed by atoms with Gasteiger partial charge < -0.3 is 5.32 Å². The summed E-state index contributed by atoms with van der Waals surface area (Å²) in [5, 5.41) is 3.55. The van der Waals surface area contributed by atoms with Crippen molar-refractivity contribution in [3.8, 4) is 0 Å². The van der Waals surface area contributed by atoms with E-state index in [2.05, 4.69) is 37.2 Å².